The molecular weight excluding hydrogens is 566 g/mol. The summed E-state index contributed by atoms with van der Waals surface area (Å²) in [6.45, 7) is 0. The first kappa shape index (κ1) is 32.1. The van der Waals surface area contributed by atoms with Crippen LogP contribution in [0.5, 0.6) is 0 Å². The third kappa shape index (κ3) is 9.34. The van der Waals surface area contributed by atoms with Crippen LogP contribution in [0.25, 0.3) is 10.9 Å². The largest absolute Gasteiger partial charge is 0.481 e. The van der Waals surface area contributed by atoms with Crippen LogP contribution in [-0.4, -0.2) is 91.0 Å². The van der Waals surface area contributed by atoms with E-state index in [1.165, 1.54) is 24.3 Å². The molecule has 4 unspecified atom stereocenters. The fourth-order valence-electron chi connectivity index (χ4n) is 4.31. The minimum atomic E-state index is -1.37. The predicted molar refractivity (Wildman–Crippen MR) is 156 cm³/mol. The van der Waals surface area contributed by atoms with Crippen molar-refractivity contribution in [2.24, 2.45) is 5.73 Å². The summed E-state index contributed by atoms with van der Waals surface area (Å²) in [6.07, 6.45) is 6.01. The Morgan fingerprint density at radius 2 is 1.60 bits per heavy atom. The van der Waals surface area contributed by atoms with E-state index < -0.39 is 60.2 Å². The maximum atomic E-state index is 13.3. The zero-order chi connectivity index (χ0) is 30.6. The number of nitrogens with one attached hydrogen (secondary N) is 5. The topological polar surface area (TPSA) is 232 Å². The Kier molecular flexibility index (Phi) is 11.9. The summed E-state index contributed by atoms with van der Waals surface area (Å²) in [7, 11) is 0. The Hall–Kier alpha value is -4.37. The number of hydrogen-bond acceptors (Lipinski definition) is 8. The van der Waals surface area contributed by atoms with Crippen molar-refractivity contribution in [3.05, 3.63) is 54.2 Å². The quantitative estimate of drug-likeness (QED) is 0.104. The van der Waals surface area contributed by atoms with E-state index in [1.54, 1.807) is 6.20 Å². The van der Waals surface area contributed by atoms with Crippen LogP contribution in [0.3, 0.4) is 0 Å². The number of para-hydroxylation sites is 1. The van der Waals surface area contributed by atoms with Crippen molar-refractivity contribution in [3.8, 4) is 0 Å². The molecule has 0 spiro atoms. The maximum absolute atomic E-state index is 13.3. The summed E-state index contributed by atoms with van der Waals surface area (Å²) in [5.41, 5.74) is 8.10. The molecule has 9 N–H and O–H groups in total. The van der Waals surface area contributed by atoms with Crippen LogP contribution in [0.15, 0.2) is 43.0 Å². The van der Waals surface area contributed by atoms with Gasteiger partial charge in [-0.2, -0.15) is 11.8 Å². The number of aromatic amines is 2. The third-order valence-corrected chi connectivity index (χ3v) is 7.21. The van der Waals surface area contributed by atoms with Crippen LogP contribution in [-0.2, 0) is 36.8 Å². The van der Waals surface area contributed by atoms with E-state index in [2.05, 4.69) is 30.9 Å². The lowest BCUT2D eigenvalue weighted by molar-refractivity contribution is -0.143. The fraction of sp³-hybridized carbons (Fsp3) is 0.407. The summed E-state index contributed by atoms with van der Waals surface area (Å²) in [5, 5.41) is 27.4. The standard InChI is InChI=1S/C27H35N7O7S/c1-42-9-8-21(32-24(37)18(28)11-16-13-29-14-31-16)26(39)33-20(6-7-23(35)36)25(38)34-22(27(40)41)10-15-12-30-19-5-3-2-4-17(15)19/h2-5,12-14,18,20-22,30H,6-11,28H2,1H3,(H,29,31)(H,32,37)(H,33,39)(H,34,38)(H,35,36)(H,40,41). The molecular formula is C27H35N7O7S. The van der Waals surface area contributed by atoms with E-state index in [4.69, 9.17) is 5.73 Å². The van der Waals surface area contributed by atoms with Gasteiger partial charge in [0.25, 0.3) is 0 Å². The van der Waals surface area contributed by atoms with Crippen molar-refractivity contribution < 1.29 is 34.2 Å². The summed E-state index contributed by atoms with van der Waals surface area (Å²) < 4.78 is 0. The molecule has 0 bridgehead atoms. The van der Waals surface area contributed by atoms with Gasteiger partial charge in [0.1, 0.15) is 18.1 Å². The SMILES string of the molecule is CSCCC(NC(=O)C(N)Cc1cnc[nH]1)C(=O)NC(CCC(=O)O)C(=O)NC(Cc1c[nH]c2ccccc12)C(=O)O. The van der Waals surface area contributed by atoms with Crippen LogP contribution in [0, 0.1) is 0 Å². The zero-order valence-corrected chi connectivity index (χ0v) is 23.8. The second-order valence-corrected chi connectivity index (χ2v) is 10.7. The number of imidazole rings is 1. The predicted octanol–water partition coefficient (Wildman–Crippen LogP) is 0.160. The maximum Gasteiger partial charge on any atom is 0.326 e. The number of nitrogens with two attached hydrogens (primary N) is 1. The van der Waals surface area contributed by atoms with Crippen LogP contribution in [0.1, 0.15) is 30.5 Å². The van der Waals surface area contributed by atoms with E-state index in [9.17, 15) is 34.2 Å². The van der Waals surface area contributed by atoms with Gasteiger partial charge in [0.2, 0.25) is 17.7 Å². The Labute approximate surface area is 245 Å². The van der Waals surface area contributed by atoms with Crippen molar-refractivity contribution in [1.29, 1.82) is 0 Å². The number of fused-ring (bicyclic) bond motifs is 1. The number of thioether (sulfide) groups is 1. The number of carboxylic acids is 2. The third-order valence-electron chi connectivity index (χ3n) is 6.57. The van der Waals surface area contributed by atoms with Crippen molar-refractivity contribution >= 4 is 52.3 Å². The molecule has 0 aliphatic rings. The molecule has 15 heteroatoms. The van der Waals surface area contributed by atoms with Crippen LogP contribution in [0.2, 0.25) is 0 Å². The van der Waals surface area contributed by atoms with E-state index in [1.807, 2.05) is 30.5 Å². The fourth-order valence-corrected chi connectivity index (χ4v) is 4.78. The van der Waals surface area contributed by atoms with Crippen LogP contribution < -0.4 is 21.7 Å². The van der Waals surface area contributed by atoms with Crippen molar-refractivity contribution in [2.75, 3.05) is 12.0 Å². The van der Waals surface area contributed by atoms with Gasteiger partial charge in [-0.15, -0.1) is 0 Å². The summed E-state index contributed by atoms with van der Waals surface area (Å²) in [6, 6.07) is 2.52. The Balaban J connectivity index is 1.72. The lowest BCUT2D eigenvalue weighted by atomic mass is 10.0. The average molecular weight is 602 g/mol. The molecule has 3 rings (SSSR count). The second kappa shape index (κ2) is 15.6. The molecule has 0 fully saturated rings. The average Bonchev–Trinajstić information content (AvgIpc) is 3.62. The number of benzene rings is 1. The minimum Gasteiger partial charge on any atom is -0.481 e. The molecule has 3 aromatic rings. The Morgan fingerprint density at radius 1 is 0.929 bits per heavy atom. The van der Waals surface area contributed by atoms with Gasteiger partial charge >= 0.3 is 11.9 Å². The van der Waals surface area contributed by atoms with Crippen molar-refractivity contribution in [3.63, 3.8) is 0 Å². The zero-order valence-electron chi connectivity index (χ0n) is 23.0. The number of carbonyl (C=O) groups excluding carboxylic acids is 3. The number of carbonyl (C=O) groups is 5. The van der Waals surface area contributed by atoms with Gasteiger partial charge in [0.15, 0.2) is 0 Å². The highest BCUT2D eigenvalue weighted by Gasteiger charge is 2.31. The van der Waals surface area contributed by atoms with Crippen molar-refractivity contribution in [2.45, 2.75) is 56.3 Å². The molecule has 2 aromatic heterocycles. The second-order valence-electron chi connectivity index (χ2n) is 9.69. The molecule has 42 heavy (non-hydrogen) atoms. The molecule has 1 aromatic carbocycles. The van der Waals surface area contributed by atoms with Crippen molar-refractivity contribution in [1.82, 2.24) is 30.9 Å². The molecule has 0 aliphatic heterocycles. The van der Waals surface area contributed by atoms with E-state index >= 15 is 0 Å². The van der Waals surface area contributed by atoms with E-state index in [-0.39, 0.29) is 25.7 Å². The first-order valence-electron chi connectivity index (χ1n) is 13.2. The first-order valence-corrected chi connectivity index (χ1v) is 14.6. The molecule has 3 amide bonds. The molecule has 0 saturated carbocycles. The molecule has 0 radical (unpaired) electrons. The molecule has 4 atom stereocenters. The smallest absolute Gasteiger partial charge is 0.326 e. The summed E-state index contributed by atoms with van der Waals surface area (Å²) in [4.78, 5) is 72.4. The minimum absolute atomic E-state index is 0.0503. The number of nitrogens with zero attached hydrogens (tertiary/aromatic N) is 1. The highest BCUT2D eigenvalue weighted by atomic mass is 32.2. The summed E-state index contributed by atoms with van der Waals surface area (Å²) >= 11 is 1.44. The number of aliphatic carboxylic acids is 2. The van der Waals surface area contributed by atoms with Gasteiger partial charge in [-0.05, 0) is 36.5 Å². The number of aromatic nitrogens is 3. The molecule has 0 aliphatic carbocycles. The van der Waals surface area contributed by atoms with Gasteiger partial charge in [0.05, 0.1) is 12.4 Å². The number of hydrogen-bond donors (Lipinski definition) is 8. The van der Waals surface area contributed by atoms with Gasteiger partial charge in [0, 0.05) is 48.3 Å². The molecule has 0 saturated heterocycles. The van der Waals surface area contributed by atoms with Gasteiger partial charge in [-0.1, -0.05) is 18.2 Å². The van der Waals surface area contributed by atoms with Gasteiger partial charge in [-0.25, -0.2) is 9.78 Å². The lowest BCUT2D eigenvalue weighted by Crippen LogP contribution is -2.57. The number of H-pyrrole nitrogens is 2. The highest BCUT2D eigenvalue weighted by molar-refractivity contribution is 7.98. The Morgan fingerprint density at radius 3 is 2.24 bits per heavy atom. The number of carboxylic acid groups (broad SMARTS) is 2. The monoisotopic (exact) mass is 601 g/mol. The molecule has 14 nitrogen and oxygen atoms in total. The lowest BCUT2D eigenvalue weighted by Gasteiger charge is -2.25. The molecule has 226 valence electrons. The normalized spacial score (nSPS) is 14.0. The highest BCUT2D eigenvalue weighted by Crippen LogP contribution is 2.19. The first-order chi connectivity index (χ1) is 20.1. The number of amides is 3. The van der Waals surface area contributed by atoms with Gasteiger partial charge < -0.3 is 41.9 Å². The molecule has 2 heterocycles. The van der Waals surface area contributed by atoms with Crippen LogP contribution in [0.4, 0.5) is 0 Å². The van der Waals surface area contributed by atoms with E-state index in [0.29, 0.717) is 17.0 Å². The van der Waals surface area contributed by atoms with E-state index in [0.717, 1.165) is 10.9 Å². The van der Waals surface area contributed by atoms with Crippen LogP contribution >= 0.6 is 11.8 Å². The van der Waals surface area contributed by atoms with Gasteiger partial charge in [-0.3, -0.25) is 19.2 Å². The Bertz CT molecular complexity index is 1380. The summed E-state index contributed by atoms with van der Waals surface area (Å²) in [5.74, 6) is -4.18. The number of rotatable bonds is 17.